The second-order valence-electron chi connectivity index (χ2n) is 5.02. The number of hydrogen-bond donors (Lipinski definition) is 0. The van der Waals surface area contributed by atoms with Crippen molar-refractivity contribution in [3.8, 4) is 0 Å². The van der Waals surface area contributed by atoms with Gasteiger partial charge >= 0.3 is 0 Å². The molecule has 15 heavy (non-hydrogen) atoms. The number of ether oxygens (including phenoxy) is 1. The number of aryl methyl sites for hydroxylation is 2. The molecule has 0 atom stereocenters. The molecule has 0 aliphatic carbocycles. The Kier molecular flexibility index (Phi) is 2.83. The molecule has 0 amide bonds. The molecule has 2 rings (SSSR count). The Hall–Kier alpha value is -0.830. The van der Waals surface area contributed by atoms with Crippen LogP contribution in [0.3, 0.4) is 0 Å². The van der Waals surface area contributed by atoms with Gasteiger partial charge in [0.2, 0.25) is 0 Å². The Morgan fingerprint density at radius 1 is 1.47 bits per heavy atom. The van der Waals surface area contributed by atoms with E-state index in [9.17, 15) is 0 Å². The van der Waals surface area contributed by atoms with E-state index in [2.05, 4.69) is 29.7 Å². The maximum absolute atomic E-state index is 5.24. The van der Waals surface area contributed by atoms with Crippen molar-refractivity contribution in [2.24, 2.45) is 0 Å². The molecule has 0 saturated carbocycles. The van der Waals surface area contributed by atoms with Gasteiger partial charge in [0, 0.05) is 24.8 Å². The molecule has 1 aliphatic rings. The molecular formula is C12H20N2O. The zero-order chi connectivity index (χ0) is 10.9. The van der Waals surface area contributed by atoms with Crippen LogP contribution < -0.4 is 0 Å². The zero-order valence-electron chi connectivity index (χ0n) is 9.92. The van der Waals surface area contributed by atoms with E-state index in [0.717, 1.165) is 13.2 Å². The molecule has 2 heterocycles. The van der Waals surface area contributed by atoms with E-state index < -0.39 is 0 Å². The van der Waals surface area contributed by atoms with Gasteiger partial charge in [-0.3, -0.25) is 4.68 Å². The summed E-state index contributed by atoms with van der Waals surface area (Å²) >= 11 is 0. The van der Waals surface area contributed by atoms with Crippen molar-refractivity contribution in [2.75, 3.05) is 13.7 Å². The van der Waals surface area contributed by atoms with Gasteiger partial charge in [-0.1, -0.05) is 13.8 Å². The number of aromatic nitrogens is 2. The first-order chi connectivity index (χ1) is 7.13. The summed E-state index contributed by atoms with van der Waals surface area (Å²) in [6.45, 7) is 6.18. The highest BCUT2D eigenvalue weighted by Crippen LogP contribution is 2.25. The fraction of sp³-hybridized carbons (Fsp3) is 0.750. The van der Waals surface area contributed by atoms with Crippen molar-refractivity contribution < 1.29 is 4.74 Å². The first-order valence-corrected chi connectivity index (χ1v) is 5.69. The smallest absolute Gasteiger partial charge is 0.0706 e. The summed E-state index contributed by atoms with van der Waals surface area (Å²) in [5, 5.41) is 4.68. The minimum absolute atomic E-state index is 0.0269. The third kappa shape index (κ3) is 2.07. The molecule has 0 spiro atoms. The lowest BCUT2D eigenvalue weighted by Crippen LogP contribution is -2.24. The monoisotopic (exact) mass is 208 g/mol. The van der Waals surface area contributed by atoms with Gasteiger partial charge in [-0.05, 0) is 25.3 Å². The van der Waals surface area contributed by atoms with E-state index in [1.807, 2.05) is 0 Å². The largest absolute Gasteiger partial charge is 0.384 e. The van der Waals surface area contributed by atoms with Crippen LogP contribution >= 0.6 is 0 Å². The highest BCUT2D eigenvalue weighted by atomic mass is 16.5. The SMILES string of the molecule is COCC(C)(C)c1cc2n(n1)CCCC2. The van der Waals surface area contributed by atoms with Crippen molar-refractivity contribution in [3.05, 3.63) is 17.5 Å². The predicted molar refractivity (Wildman–Crippen MR) is 60.1 cm³/mol. The fourth-order valence-electron chi connectivity index (χ4n) is 2.18. The van der Waals surface area contributed by atoms with Crippen molar-refractivity contribution in [2.45, 2.75) is 45.1 Å². The molecule has 3 nitrogen and oxygen atoms in total. The van der Waals surface area contributed by atoms with Crippen LogP contribution in [0.2, 0.25) is 0 Å². The van der Waals surface area contributed by atoms with E-state index in [4.69, 9.17) is 4.74 Å². The Labute approximate surface area is 91.4 Å². The lowest BCUT2D eigenvalue weighted by Gasteiger charge is -2.20. The number of fused-ring (bicyclic) bond motifs is 1. The summed E-state index contributed by atoms with van der Waals surface area (Å²) in [4.78, 5) is 0. The maximum atomic E-state index is 5.24. The average Bonchev–Trinajstić information content (AvgIpc) is 2.61. The normalized spacial score (nSPS) is 16.5. The molecule has 0 radical (unpaired) electrons. The van der Waals surface area contributed by atoms with E-state index in [1.54, 1.807) is 7.11 Å². The second-order valence-corrected chi connectivity index (χ2v) is 5.02. The fourth-order valence-corrected chi connectivity index (χ4v) is 2.18. The van der Waals surface area contributed by atoms with E-state index in [0.29, 0.717) is 0 Å². The molecule has 0 N–H and O–H groups in total. The van der Waals surface area contributed by atoms with Gasteiger partial charge in [0.1, 0.15) is 0 Å². The molecule has 0 saturated heterocycles. The summed E-state index contributed by atoms with van der Waals surface area (Å²) in [7, 11) is 1.75. The van der Waals surface area contributed by atoms with Gasteiger partial charge in [-0.2, -0.15) is 5.10 Å². The third-order valence-corrected chi connectivity index (χ3v) is 3.11. The quantitative estimate of drug-likeness (QED) is 0.761. The van der Waals surface area contributed by atoms with Gasteiger partial charge in [0.05, 0.1) is 12.3 Å². The Morgan fingerprint density at radius 3 is 2.93 bits per heavy atom. The summed E-state index contributed by atoms with van der Waals surface area (Å²) < 4.78 is 7.41. The van der Waals surface area contributed by atoms with Crippen LogP contribution in [0.15, 0.2) is 6.07 Å². The minimum atomic E-state index is 0.0269. The summed E-state index contributed by atoms with van der Waals surface area (Å²) in [5.41, 5.74) is 2.58. The molecule has 0 unspecified atom stereocenters. The van der Waals surface area contributed by atoms with Crippen LogP contribution in [0.4, 0.5) is 0 Å². The lowest BCUT2D eigenvalue weighted by molar-refractivity contribution is 0.144. The first kappa shape index (κ1) is 10.7. The molecule has 0 bridgehead atoms. The van der Waals surface area contributed by atoms with E-state index >= 15 is 0 Å². The molecule has 1 aromatic heterocycles. The molecule has 0 fully saturated rings. The van der Waals surface area contributed by atoms with Gasteiger partial charge < -0.3 is 4.74 Å². The highest BCUT2D eigenvalue weighted by molar-refractivity contribution is 5.19. The maximum Gasteiger partial charge on any atom is 0.0706 e. The van der Waals surface area contributed by atoms with Crippen LogP contribution in [0.1, 0.15) is 38.1 Å². The van der Waals surface area contributed by atoms with E-state index in [1.165, 1.54) is 30.7 Å². The van der Waals surface area contributed by atoms with Crippen LogP contribution in [-0.4, -0.2) is 23.5 Å². The molecule has 84 valence electrons. The summed E-state index contributed by atoms with van der Waals surface area (Å²) in [6, 6.07) is 2.25. The molecule has 1 aromatic rings. The number of methoxy groups -OCH3 is 1. The molecular weight excluding hydrogens is 188 g/mol. The number of nitrogens with zero attached hydrogens (tertiary/aromatic N) is 2. The molecule has 1 aliphatic heterocycles. The van der Waals surface area contributed by atoms with Crippen molar-refractivity contribution in [1.82, 2.24) is 9.78 Å². The Balaban J connectivity index is 2.25. The topological polar surface area (TPSA) is 27.1 Å². The predicted octanol–water partition coefficient (Wildman–Crippen LogP) is 2.14. The molecule has 3 heteroatoms. The van der Waals surface area contributed by atoms with Crippen molar-refractivity contribution in [3.63, 3.8) is 0 Å². The second kappa shape index (κ2) is 3.97. The average molecular weight is 208 g/mol. The van der Waals surface area contributed by atoms with Gasteiger partial charge in [-0.25, -0.2) is 0 Å². The van der Waals surface area contributed by atoms with Crippen molar-refractivity contribution in [1.29, 1.82) is 0 Å². The summed E-state index contributed by atoms with van der Waals surface area (Å²) in [6.07, 6.45) is 3.74. The lowest BCUT2D eigenvalue weighted by atomic mass is 9.90. The summed E-state index contributed by atoms with van der Waals surface area (Å²) in [5.74, 6) is 0. The minimum Gasteiger partial charge on any atom is -0.384 e. The van der Waals surface area contributed by atoms with E-state index in [-0.39, 0.29) is 5.41 Å². The van der Waals surface area contributed by atoms with Crippen LogP contribution in [0.5, 0.6) is 0 Å². The first-order valence-electron chi connectivity index (χ1n) is 5.69. The van der Waals surface area contributed by atoms with Crippen molar-refractivity contribution >= 4 is 0 Å². The highest BCUT2D eigenvalue weighted by Gasteiger charge is 2.25. The van der Waals surface area contributed by atoms with Gasteiger partial charge in [-0.15, -0.1) is 0 Å². The number of rotatable bonds is 3. The van der Waals surface area contributed by atoms with Gasteiger partial charge in [0.15, 0.2) is 0 Å². The molecule has 0 aromatic carbocycles. The van der Waals surface area contributed by atoms with Gasteiger partial charge in [0.25, 0.3) is 0 Å². The Morgan fingerprint density at radius 2 is 2.27 bits per heavy atom. The number of hydrogen-bond acceptors (Lipinski definition) is 2. The van der Waals surface area contributed by atoms with Crippen LogP contribution in [0.25, 0.3) is 0 Å². The zero-order valence-corrected chi connectivity index (χ0v) is 9.92. The Bertz CT molecular complexity index is 318. The standard InChI is InChI=1S/C12H20N2O/c1-12(2,9-15-3)11-8-10-6-4-5-7-14(10)13-11/h8H,4-7,9H2,1-3H3. The van der Waals surface area contributed by atoms with Crippen LogP contribution in [0, 0.1) is 0 Å². The van der Waals surface area contributed by atoms with Crippen LogP contribution in [-0.2, 0) is 23.1 Å². The third-order valence-electron chi connectivity index (χ3n) is 3.11.